The lowest BCUT2D eigenvalue weighted by Gasteiger charge is -2.13. The molecule has 1 heterocycles. The fourth-order valence-corrected chi connectivity index (χ4v) is 2.53. The summed E-state index contributed by atoms with van der Waals surface area (Å²) in [5.41, 5.74) is 3.04. The standard InChI is InChI=1S/C21H21N5O3/c1-26(2)18-9-7-16(8-10-18)25-21-22-12-15(13-23-21)19(27)24-17-6-4-5-14(11-17)20(28)29-3/h4-13H,1-3H3,(H,24,27)(H,22,23,25). The molecule has 0 aliphatic heterocycles. The molecule has 29 heavy (non-hydrogen) atoms. The lowest BCUT2D eigenvalue weighted by molar-refractivity contribution is 0.0600. The number of rotatable bonds is 6. The third-order valence-corrected chi connectivity index (χ3v) is 4.10. The molecule has 0 spiro atoms. The van der Waals surface area contributed by atoms with Gasteiger partial charge in [0.2, 0.25) is 5.95 Å². The van der Waals surface area contributed by atoms with Crippen molar-refractivity contribution in [1.29, 1.82) is 0 Å². The summed E-state index contributed by atoms with van der Waals surface area (Å²) in [6.45, 7) is 0. The first-order valence-corrected chi connectivity index (χ1v) is 8.82. The van der Waals surface area contributed by atoms with Crippen LogP contribution in [0.2, 0.25) is 0 Å². The third kappa shape index (κ3) is 5.07. The molecule has 0 fully saturated rings. The van der Waals surface area contributed by atoms with Gasteiger partial charge in [-0.3, -0.25) is 4.79 Å². The molecule has 8 heteroatoms. The molecule has 1 amide bonds. The Hall–Kier alpha value is -3.94. The number of hydrogen-bond donors (Lipinski definition) is 2. The first-order chi connectivity index (χ1) is 14.0. The Bertz CT molecular complexity index is 1000. The summed E-state index contributed by atoms with van der Waals surface area (Å²) in [5.74, 6) is -0.473. The van der Waals surface area contributed by atoms with Crippen LogP contribution in [0.5, 0.6) is 0 Å². The third-order valence-electron chi connectivity index (χ3n) is 4.10. The second kappa shape index (κ2) is 8.83. The molecule has 0 saturated carbocycles. The molecule has 2 N–H and O–H groups in total. The van der Waals surface area contributed by atoms with Crippen molar-refractivity contribution >= 4 is 34.9 Å². The van der Waals surface area contributed by atoms with Crippen molar-refractivity contribution < 1.29 is 14.3 Å². The number of carbonyl (C=O) groups excluding carboxylic acids is 2. The van der Waals surface area contributed by atoms with Crippen molar-refractivity contribution in [3.63, 3.8) is 0 Å². The molecule has 3 rings (SSSR count). The molecule has 1 aromatic heterocycles. The highest BCUT2D eigenvalue weighted by Crippen LogP contribution is 2.18. The van der Waals surface area contributed by atoms with E-state index in [-0.39, 0.29) is 5.91 Å². The summed E-state index contributed by atoms with van der Waals surface area (Å²) in [5, 5.41) is 5.80. The fourth-order valence-electron chi connectivity index (χ4n) is 2.53. The van der Waals surface area contributed by atoms with Gasteiger partial charge in [-0.2, -0.15) is 0 Å². The summed E-state index contributed by atoms with van der Waals surface area (Å²) >= 11 is 0. The number of hydrogen-bond acceptors (Lipinski definition) is 7. The monoisotopic (exact) mass is 391 g/mol. The Balaban J connectivity index is 1.65. The van der Waals surface area contributed by atoms with E-state index in [4.69, 9.17) is 0 Å². The van der Waals surface area contributed by atoms with Gasteiger partial charge < -0.3 is 20.3 Å². The number of nitrogens with zero attached hydrogens (tertiary/aromatic N) is 3. The highest BCUT2D eigenvalue weighted by Gasteiger charge is 2.10. The van der Waals surface area contributed by atoms with Gasteiger partial charge in [-0.05, 0) is 42.5 Å². The van der Waals surface area contributed by atoms with Crippen LogP contribution in [-0.4, -0.2) is 43.0 Å². The number of anilines is 4. The number of amides is 1. The molecule has 0 saturated heterocycles. The molecule has 2 aromatic carbocycles. The van der Waals surface area contributed by atoms with Crippen LogP contribution in [0.3, 0.4) is 0 Å². The van der Waals surface area contributed by atoms with Crippen LogP contribution in [0.1, 0.15) is 20.7 Å². The molecule has 0 unspecified atom stereocenters. The number of esters is 1. The van der Waals surface area contributed by atoms with Crippen molar-refractivity contribution in [2.75, 3.05) is 36.7 Å². The number of carbonyl (C=O) groups is 2. The molecule has 148 valence electrons. The predicted octanol–water partition coefficient (Wildman–Crippen LogP) is 3.33. The van der Waals surface area contributed by atoms with Crippen LogP contribution < -0.4 is 15.5 Å². The summed E-state index contributed by atoms with van der Waals surface area (Å²) in [6, 6.07) is 14.3. The summed E-state index contributed by atoms with van der Waals surface area (Å²) < 4.78 is 4.68. The van der Waals surface area contributed by atoms with E-state index in [1.807, 2.05) is 43.3 Å². The molecule has 0 radical (unpaired) electrons. The molecule has 0 bridgehead atoms. The lowest BCUT2D eigenvalue weighted by Crippen LogP contribution is -2.13. The fraction of sp³-hybridized carbons (Fsp3) is 0.143. The molecule has 3 aromatic rings. The zero-order chi connectivity index (χ0) is 20.8. The Morgan fingerprint density at radius 1 is 0.931 bits per heavy atom. The Labute approximate surface area is 168 Å². The number of aromatic nitrogens is 2. The van der Waals surface area contributed by atoms with Gasteiger partial charge in [0.05, 0.1) is 18.2 Å². The van der Waals surface area contributed by atoms with Crippen molar-refractivity contribution in [3.05, 3.63) is 72.1 Å². The van der Waals surface area contributed by atoms with E-state index in [0.717, 1.165) is 11.4 Å². The van der Waals surface area contributed by atoms with E-state index in [0.29, 0.717) is 22.8 Å². The minimum absolute atomic E-state index is 0.293. The van der Waals surface area contributed by atoms with Crippen LogP contribution >= 0.6 is 0 Å². The number of methoxy groups -OCH3 is 1. The normalized spacial score (nSPS) is 10.2. The van der Waals surface area contributed by atoms with Gasteiger partial charge in [-0.1, -0.05) is 6.07 Å². The van der Waals surface area contributed by atoms with Gasteiger partial charge >= 0.3 is 5.97 Å². The largest absolute Gasteiger partial charge is 0.465 e. The topological polar surface area (TPSA) is 96.4 Å². The first kappa shape index (κ1) is 19.8. The summed E-state index contributed by atoms with van der Waals surface area (Å²) in [7, 11) is 5.25. The number of nitrogens with one attached hydrogen (secondary N) is 2. The smallest absolute Gasteiger partial charge is 0.337 e. The minimum atomic E-state index is -0.474. The van der Waals surface area contributed by atoms with Gasteiger partial charge in [0, 0.05) is 43.6 Å². The lowest BCUT2D eigenvalue weighted by atomic mass is 10.2. The van der Waals surface area contributed by atoms with E-state index in [1.165, 1.54) is 25.6 Å². The van der Waals surface area contributed by atoms with Crippen molar-refractivity contribution in [3.8, 4) is 0 Å². The predicted molar refractivity (Wildman–Crippen MR) is 112 cm³/mol. The average Bonchev–Trinajstić information content (AvgIpc) is 2.74. The second-order valence-corrected chi connectivity index (χ2v) is 6.39. The maximum absolute atomic E-state index is 12.4. The van der Waals surface area contributed by atoms with E-state index in [2.05, 4.69) is 25.3 Å². The highest BCUT2D eigenvalue weighted by atomic mass is 16.5. The average molecular weight is 391 g/mol. The molecule has 0 atom stereocenters. The van der Waals surface area contributed by atoms with Crippen molar-refractivity contribution in [2.45, 2.75) is 0 Å². The quantitative estimate of drug-likeness (QED) is 0.622. The van der Waals surface area contributed by atoms with Crippen LogP contribution in [-0.2, 0) is 4.74 Å². The van der Waals surface area contributed by atoms with Gasteiger partial charge in [-0.15, -0.1) is 0 Å². The molecular formula is C21H21N5O3. The van der Waals surface area contributed by atoms with Crippen molar-refractivity contribution in [2.24, 2.45) is 0 Å². The molecule has 0 aliphatic rings. The van der Waals surface area contributed by atoms with Crippen LogP contribution in [0.4, 0.5) is 23.0 Å². The molecular weight excluding hydrogens is 370 g/mol. The Kier molecular flexibility index (Phi) is 6.03. The summed E-state index contributed by atoms with van der Waals surface area (Å²) in [4.78, 5) is 34.4. The molecule has 0 aliphatic carbocycles. The molecule has 8 nitrogen and oxygen atoms in total. The second-order valence-electron chi connectivity index (χ2n) is 6.39. The zero-order valence-corrected chi connectivity index (χ0v) is 16.3. The van der Waals surface area contributed by atoms with Gasteiger partial charge in [-0.25, -0.2) is 14.8 Å². The van der Waals surface area contributed by atoms with Crippen molar-refractivity contribution in [1.82, 2.24) is 9.97 Å². The SMILES string of the molecule is COC(=O)c1cccc(NC(=O)c2cnc(Nc3ccc(N(C)C)cc3)nc2)c1. The van der Waals surface area contributed by atoms with E-state index >= 15 is 0 Å². The minimum Gasteiger partial charge on any atom is -0.465 e. The van der Waals surface area contributed by atoms with E-state index < -0.39 is 5.97 Å². The summed E-state index contributed by atoms with van der Waals surface area (Å²) in [6.07, 6.45) is 2.87. The van der Waals surface area contributed by atoms with Gasteiger partial charge in [0.25, 0.3) is 5.91 Å². The van der Waals surface area contributed by atoms with E-state index in [1.54, 1.807) is 18.2 Å². The van der Waals surface area contributed by atoms with Crippen LogP contribution in [0.25, 0.3) is 0 Å². The maximum atomic E-state index is 12.4. The first-order valence-electron chi connectivity index (χ1n) is 8.82. The van der Waals surface area contributed by atoms with Gasteiger partial charge in [0.1, 0.15) is 0 Å². The van der Waals surface area contributed by atoms with E-state index in [9.17, 15) is 9.59 Å². The highest BCUT2D eigenvalue weighted by molar-refractivity contribution is 6.04. The van der Waals surface area contributed by atoms with Crippen LogP contribution in [0.15, 0.2) is 60.9 Å². The van der Waals surface area contributed by atoms with Crippen LogP contribution in [0, 0.1) is 0 Å². The maximum Gasteiger partial charge on any atom is 0.337 e. The number of benzene rings is 2. The Morgan fingerprint density at radius 3 is 2.24 bits per heavy atom. The van der Waals surface area contributed by atoms with Gasteiger partial charge in [0.15, 0.2) is 0 Å². The zero-order valence-electron chi connectivity index (χ0n) is 16.3. The Morgan fingerprint density at radius 2 is 1.62 bits per heavy atom. The number of ether oxygens (including phenoxy) is 1.